The van der Waals surface area contributed by atoms with Gasteiger partial charge in [-0.15, -0.1) is 11.3 Å². The average Bonchev–Trinajstić information content (AvgIpc) is 3.00. The lowest BCUT2D eigenvalue weighted by molar-refractivity contribution is 0.0255. The van der Waals surface area contributed by atoms with Crippen molar-refractivity contribution < 1.29 is 9.90 Å². The molecule has 1 amide bonds. The first-order valence-corrected chi connectivity index (χ1v) is 8.65. The number of carbonyl (C=O) groups is 1. The minimum atomic E-state index is -0.919. The van der Waals surface area contributed by atoms with Crippen LogP contribution in [0.1, 0.15) is 28.1 Å². The number of carbonyl (C=O) groups excluding carboxylic acids is 1. The van der Waals surface area contributed by atoms with E-state index in [-0.39, 0.29) is 12.5 Å². The smallest absolute Gasteiger partial charge is 0.261 e. The van der Waals surface area contributed by atoms with Crippen LogP contribution in [0.2, 0.25) is 0 Å². The fourth-order valence-corrected chi connectivity index (χ4v) is 3.69. The van der Waals surface area contributed by atoms with E-state index in [1.165, 1.54) is 11.3 Å². The molecule has 1 aliphatic rings. The molecule has 5 nitrogen and oxygen atoms in total. The number of anilines is 1. The van der Waals surface area contributed by atoms with E-state index < -0.39 is 5.60 Å². The summed E-state index contributed by atoms with van der Waals surface area (Å²) in [6.45, 7) is 3.57. The number of nitrogens with one attached hydrogen (secondary N) is 1. The summed E-state index contributed by atoms with van der Waals surface area (Å²) < 4.78 is 0. The number of hydrogen-bond donors (Lipinski definition) is 2. The van der Waals surface area contributed by atoms with Gasteiger partial charge in [-0.2, -0.15) is 0 Å². The SMILES string of the molecule is Cc1csc(C(=O)NC[C@@]2(O)CCCN(c3ccccn3)C2)c1. The number of aryl methyl sites for hydroxylation is 1. The van der Waals surface area contributed by atoms with E-state index in [1.807, 2.05) is 36.6 Å². The van der Waals surface area contributed by atoms with Gasteiger partial charge in [0.25, 0.3) is 5.91 Å². The highest BCUT2D eigenvalue weighted by Gasteiger charge is 2.34. The number of nitrogens with zero attached hydrogens (tertiary/aromatic N) is 2. The van der Waals surface area contributed by atoms with Crippen LogP contribution in [0.5, 0.6) is 0 Å². The van der Waals surface area contributed by atoms with Crippen molar-refractivity contribution >= 4 is 23.1 Å². The van der Waals surface area contributed by atoms with Crippen LogP contribution < -0.4 is 10.2 Å². The minimum Gasteiger partial charge on any atom is -0.386 e. The maximum absolute atomic E-state index is 12.2. The van der Waals surface area contributed by atoms with Crippen LogP contribution in [0.15, 0.2) is 35.8 Å². The zero-order valence-corrected chi connectivity index (χ0v) is 14.0. The third-order valence-electron chi connectivity index (χ3n) is 4.06. The Morgan fingerprint density at radius 1 is 1.52 bits per heavy atom. The summed E-state index contributed by atoms with van der Waals surface area (Å²) in [5, 5.41) is 15.6. The van der Waals surface area contributed by atoms with Crippen LogP contribution in [0.3, 0.4) is 0 Å². The molecule has 0 saturated carbocycles. The predicted octanol–water partition coefficient (Wildman–Crippen LogP) is 2.21. The lowest BCUT2D eigenvalue weighted by Crippen LogP contribution is -2.54. The average molecular weight is 331 g/mol. The van der Waals surface area contributed by atoms with Crippen molar-refractivity contribution in [3.8, 4) is 0 Å². The molecule has 2 aromatic rings. The van der Waals surface area contributed by atoms with E-state index in [0.29, 0.717) is 17.8 Å². The molecule has 1 aliphatic heterocycles. The van der Waals surface area contributed by atoms with E-state index in [0.717, 1.165) is 24.3 Å². The summed E-state index contributed by atoms with van der Waals surface area (Å²) in [6.07, 6.45) is 3.31. The number of piperidine rings is 1. The number of aromatic nitrogens is 1. The molecule has 0 radical (unpaired) electrons. The Hall–Kier alpha value is -1.92. The molecule has 122 valence electrons. The number of rotatable bonds is 4. The molecule has 1 atom stereocenters. The molecule has 1 fully saturated rings. The number of aliphatic hydroxyl groups is 1. The van der Waals surface area contributed by atoms with Crippen LogP contribution in [-0.4, -0.2) is 41.2 Å². The highest BCUT2D eigenvalue weighted by Crippen LogP contribution is 2.24. The van der Waals surface area contributed by atoms with Crippen molar-refractivity contribution in [2.24, 2.45) is 0 Å². The summed E-state index contributed by atoms with van der Waals surface area (Å²) in [7, 11) is 0. The van der Waals surface area contributed by atoms with Crippen molar-refractivity contribution in [1.29, 1.82) is 0 Å². The third-order valence-corrected chi connectivity index (χ3v) is 5.11. The zero-order valence-electron chi connectivity index (χ0n) is 13.2. The molecular weight excluding hydrogens is 310 g/mol. The van der Waals surface area contributed by atoms with Gasteiger partial charge in [0.1, 0.15) is 5.82 Å². The molecule has 6 heteroatoms. The number of thiophene rings is 1. The van der Waals surface area contributed by atoms with Crippen molar-refractivity contribution in [3.63, 3.8) is 0 Å². The topological polar surface area (TPSA) is 65.5 Å². The van der Waals surface area contributed by atoms with Crippen LogP contribution in [0.25, 0.3) is 0 Å². The van der Waals surface area contributed by atoms with Gasteiger partial charge in [0.05, 0.1) is 10.5 Å². The van der Waals surface area contributed by atoms with Gasteiger partial charge in [-0.05, 0) is 48.9 Å². The van der Waals surface area contributed by atoms with Gasteiger partial charge < -0.3 is 15.3 Å². The quantitative estimate of drug-likeness (QED) is 0.901. The molecule has 1 saturated heterocycles. The molecular formula is C17H21N3O2S. The van der Waals surface area contributed by atoms with Crippen molar-refractivity contribution in [2.75, 3.05) is 24.5 Å². The maximum Gasteiger partial charge on any atom is 0.261 e. The molecule has 0 aliphatic carbocycles. The normalized spacial score (nSPS) is 21.2. The van der Waals surface area contributed by atoms with Gasteiger partial charge in [0.15, 0.2) is 0 Å². The number of hydrogen-bond acceptors (Lipinski definition) is 5. The lowest BCUT2D eigenvalue weighted by atomic mass is 9.92. The van der Waals surface area contributed by atoms with Gasteiger partial charge in [-0.25, -0.2) is 4.98 Å². The number of β-amino-alcohol motifs (C(OH)–C–C–N with tert-alkyl or cyclic N) is 1. The van der Waals surface area contributed by atoms with E-state index in [1.54, 1.807) is 6.20 Å². The Bertz CT molecular complexity index is 673. The molecule has 0 spiro atoms. The standard InChI is InChI=1S/C17H21N3O2S/c1-13-9-14(23-10-13)16(21)19-11-17(22)6-4-8-20(12-17)15-5-2-3-7-18-15/h2-3,5,7,9-10,22H,4,6,8,11-12H2,1H3,(H,19,21)/t17-/m0/s1. The fraction of sp³-hybridized carbons (Fsp3) is 0.412. The molecule has 0 unspecified atom stereocenters. The largest absolute Gasteiger partial charge is 0.386 e. The van der Waals surface area contributed by atoms with Crippen LogP contribution in [0, 0.1) is 6.92 Å². The van der Waals surface area contributed by atoms with Gasteiger partial charge in [-0.1, -0.05) is 6.07 Å². The second-order valence-corrected chi connectivity index (χ2v) is 7.02. The summed E-state index contributed by atoms with van der Waals surface area (Å²) in [5.74, 6) is 0.748. The Morgan fingerprint density at radius 3 is 3.09 bits per heavy atom. The Kier molecular flexibility index (Phi) is 4.63. The first kappa shape index (κ1) is 16.0. The molecule has 3 heterocycles. The molecule has 23 heavy (non-hydrogen) atoms. The molecule has 2 N–H and O–H groups in total. The zero-order chi connectivity index (χ0) is 16.3. The predicted molar refractivity (Wildman–Crippen MR) is 92.0 cm³/mol. The van der Waals surface area contributed by atoms with E-state index in [9.17, 15) is 9.90 Å². The van der Waals surface area contributed by atoms with Crippen molar-refractivity contribution in [2.45, 2.75) is 25.4 Å². The lowest BCUT2D eigenvalue weighted by Gasteiger charge is -2.39. The second kappa shape index (κ2) is 6.68. The minimum absolute atomic E-state index is 0.119. The van der Waals surface area contributed by atoms with Gasteiger partial charge in [0, 0.05) is 25.8 Å². The van der Waals surface area contributed by atoms with Crippen LogP contribution in [0.4, 0.5) is 5.82 Å². The number of amides is 1. The van der Waals surface area contributed by atoms with Crippen LogP contribution >= 0.6 is 11.3 Å². The highest BCUT2D eigenvalue weighted by molar-refractivity contribution is 7.12. The maximum atomic E-state index is 12.2. The van der Waals surface area contributed by atoms with Gasteiger partial charge >= 0.3 is 0 Å². The van der Waals surface area contributed by atoms with E-state index in [4.69, 9.17) is 0 Å². The summed E-state index contributed by atoms with van der Waals surface area (Å²) in [4.78, 5) is 19.3. The first-order chi connectivity index (χ1) is 11.1. The Labute approximate surface area is 140 Å². The van der Waals surface area contributed by atoms with E-state index >= 15 is 0 Å². The summed E-state index contributed by atoms with van der Waals surface area (Å²) in [6, 6.07) is 7.63. The van der Waals surface area contributed by atoms with Crippen LogP contribution in [-0.2, 0) is 0 Å². The van der Waals surface area contributed by atoms with Gasteiger partial charge in [-0.3, -0.25) is 4.79 Å². The van der Waals surface area contributed by atoms with Crippen molar-refractivity contribution in [1.82, 2.24) is 10.3 Å². The fourth-order valence-electron chi connectivity index (χ4n) is 2.88. The number of pyridine rings is 1. The monoisotopic (exact) mass is 331 g/mol. The molecule has 3 rings (SSSR count). The molecule has 0 aromatic carbocycles. The Morgan fingerprint density at radius 2 is 2.39 bits per heavy atom. The highest BCUT2D eigenvalue weighted by atomic mass is 32.1. The van der Waals surface area contributed by atoms with E-state index in [2.05, 4.69) is 15.2 Å². The third kappa shape index (κ3) is 3.89. The second-order valence-electron chi connectivity index (χ2n) is 6.11. The Balaban J connectivity index is 1.61. The summed E-state index contributed by atoms with van der Waals surface area (Å²) in [5.41, 5.74) is 0.162. The van der Waals surface area contributed by atoms with Crippen molar-refractivity contribution in [3.05, 3.63) is 46.3 Å². The first-order valence-electron chi connectivity index (χ1n) is 7.77. The molecule has 0 bridgehead atoms. The summed E-state index contributed by atoms with van der Waals surface area (Å²) >= 11 is 1.43. The molecule has 2 aromatic heterocycles. The van der Waals surface area contributed by atoms with Gasteiger partial charge in [0.2, 0.25) is 0 Å².